The van der Waals surface area contributed by atoms with Crippen LogP contribution in [0.15, 0.2) is 48.8 Å². The number of unbranched alkanes of at least 4 members (excludes halogenated alkanes) is 6. The lowest BCUT2D eigenvalue weighted by Crippen LogP contribution is -2.05. The van der Waals surface area contributed by atoms with E-state index < -0.39 is 5.97 Å². The predicted molar refractivity (Wildman–Crippen MR) is 109 cm³/mol. The Hall–Kier alpha value is -2.49. The molecule has 0 unspecified atom stereocenters. The molecule has 0 saturated carbocycles. The molecular formula is C23H30N2O2. The Morgan fingerprint density at radius 1 is 0.926 bits per heavy atom. The van der Waals surface area contributed by atoms with E-state index in [9.17, 15) is 9.90 Å². The minimum Gasteiger partial charge on any atom is -0.478 e. The average Bonchev–Trinajstić information content (AvgIpc) is 2.69. The predicted octanol–water partition coefficient (Wildman–Crippen LogP) is 5.48. The number of benzene rings is 1. The normalized spacial score (nSPS) is 11.5. The van der Waals surface area contributed by atoms with Crippen LogP contribution in [0.3, 0.4) is 0 Å². The van der Waals surface area contributed by atoms with E-state index in [0.29, 0.717) is 6.42 Å². The molecule has 0 aliphatic carbocycles. The van der Waals surface area contributed by atoms with Crippen molar-refractivity contribution < 1.29 is 9.90 Å². The molecule has 0 atom stereocenters. The Bertz CT molecular complexity index is 709. The van der Waals surface area contributed by atoms with Crippen LogP contribution >= 0.6 is 0 Å². The van der Waals surface area contributed by atoms with Gasteiger partial charge in [-0.25, -0.2) is 14.8 Å². The first-order chi connectivity index (χ1) is 13.2. The van der Waals surface area contributed by atoms with Crippen molar-refractivity contribution in [2.45, 2.75) is 64.7 Å². The molecule has 2 aromatic rings. The van der Waals surface area contributed by atoms with Crippen molar-refractivity contribution in [1.29, 1.82) is 0 Å². The van der Waals surface area contributed by atoms with Crippen LogP contribution < -0.4 is 0 Å². The van der Waals surface area contributed by atoms with Gasteiger partial charge < -0.3 is 5.11 Å². The van der Waals surface area contributed by atoms with Gasteiger partial charge in [0, 0.05) is 12.4 Å². The molecule has 1 N–H and O–H groups in total. The lowest BCUT2D eigenvalue weighted by Gasteiger charge is -2.05. The van der Waals surface area contributed by atoms with E-state index in [1.165, 1.54) is 38.5 Å². The number of hydrogen-bond donors (Lipinski definition) is 1. The van der Waals surface area contributed by atoms with Crippen LogP contribution in [0.25, 0.3) is 5.57 Å². The molecule has 0 aliphatic heterocycles. The van der Waals surface area contributed by atoms with E-state index in [1.807, 2.05) is 30.3 Å². The van der Waals surface area contributed by atoms with Gasteiger partial charge in [0.05, 0.1) is 0 Å². The topological polar surface area (TPSA) is 63.1 Å². The molecule has 4 nitrogen and oxygen atoms in total. The van der Waals surface area contributed by atoms with Gasteiger partial charge in [-0.05, 0) is 30.4 Å². The van der Waals surface area contributed by atoms with Gasteiger partial charge in [0.25, 0.3) is 0 Å². The van der Waals surface area contributed by atoms with Gasteiger partial charge in [-0.15, -0.1) is 0 Å². The van der Waals surface area contributed by atoms with Gasteiger partial charge in [-0.3, -0.25) is 0 Å². The fourth-order valence-corrected chi connectivity index (χ4v) is 3.02. The highest BCUT2D eigenvalue weighted by atomic mass is 16.4. The summed E-state index contributed by atoms with van der Waals surface area (Å²) in [6.45, 7) is 2.23. The minimum atomic E-state index is -0.995. The van der Waals surface area contributed by atoms with Crippen LogP contribution in [0.4, 0.5) is 0 Å². The van der Waals surface area contributed by atoms with Crippen LogP contribution in [-0.4, -0.2) is 21.0 Å². The maximum atomic E-state index is 11.6. The van der Waals surface area contributed by atoms with Gasteiger partial charge in [0.1, 0.15) is 5.57 Å². The molecule has 1 aromatic carbocycles. The van der Waals surface area contributed by atoms with E-state index in [4.69, 9.17) is 0 Å². The fourth-order valence-electron chi connectivity index (χ4n) is 3.02. The van der Waals surface area contributed by atoms with Crippen molar-refractivity contribution >= 4 is 11.5 Å². The molecule has 1 heterocycles. The smallest absolute Gasteiger partial charge is 0.339 e. The highest BCUT2D eigenvalue weighted by Gasteiger charge is 2.13. The van der Waals surface area contributed by atoms with Crippen molar-refractivity contribution in [3.8, 4) is 0 Å². The van der Waals surface area contributed by atoms with Crippen molar-refractivity contribution in [3.63, 3.8) is 0 Å². The summed E-state index contributed by atoms with van der Waals surface area (Å²) >= 11 is 0. The second kappa shape index (κ2) is 12.0. The summed E-state index contributed by atoms with van der Waals surface area (Å²) < 4.78 is 0. The quantitative estimate of drug-likeness (QED) is 0.399. The molecule has 0 aliphatic rings. The summed E-state index contributed by atoms with van der Waals surface area (Å²) in [7, 11) is 0. The number of rotatable bonds is 12. The molecule has 2 rings (SSSR count). The number of carboxylic acid groups (broad SMARTS) is 1. The zero-order valence-electron chi connectivity index (χ0n) is 16.2. The SMILES string of the molecule is CCCCCCCCCc1cnc(/C(=C\Cc2ccccc2)C(=O)O)nc1. The number of allylic oxidation sites excluding steroid dienone is 1. The van der Waals surface area contributed by atoms with Gasteiger partial charge in [0.2, 0.25) is 0 Å². The maximum absolute atomic E-state index is 11.6. The number of nitrogens with zero attached hydrogens (tertiary/aromatic N) is 2. The Morgan fingerprint density at radius 2 is 1.56 bits per heavy atom. The summed E-state index contributed by atoms with van der Waals surface area (Å²) in [5.74, 6) is -0.715. The summed E-state index contributed by atoms with van der Waals surface area (Å²) in [6.07, 6.45) is 15.6. The summed E-state index contributed by atoms with van der Waals surface area (Å²) in [4.78, 5) is 20.2. The van der Waals surface area contributed by atoms with Crippen molar-refractivity contribution in [1.82, 2.24) is 9.97 Å². The molecule has 4 heteroatoms. The Morgan fingerprint density at radius 3 is 2.19 bits per heavy atom. The lowest BCUT2D eigenvalue weighted by atomic mass is 10.1. The van der Waals surface area contributed by atoms with Gasteiger partial charge in [-0.1, -0.05) is 81.9 Å². The first kappa shape index (κ1) is 20.8. The van der Waals surface area contributed by atoms with Gasteiger partial charge in [0.15, 0.2) is 5.82 Å². The Balaban J connectivity index is 1.86. The van der Waals surface area contributed by atoms with Gasteiger partial charge in [-0.2, -0.15) is 0 Å². The van der Waals surface area contributed by atoms with E-state index in [1.54, 1.807) is 18.5 Å². The first-order valence-corrected chi connectivity index (χ1v) is 9.99. The van der Waals surface area contributed by atoms with Crippen LogP contribution in [0.1, 0.15) is 68.8 Å². The van der Waals surface area contributed by atoms with Crippen LogP contribution in [0.5, 0.6) is 0 Å². The molecule has 0 radical (unpaired) electrons. The Kier molecular flexibility index (Phi) is 9.25. The molecule has 0 fully saturated rings. The monoisotopic (exact) mass is 366 g/mol. The molecule has 0 bridgehead atoms. The van der Waals surface area contributed by atoms with Crippen LogP contribution in [-0.2, 0) is 17.6 Å². The van der Waals surface area contributed by atoms with Crippen molar-refractivity contribution in [2.75, 3.05) is 0 Å². The second-order valence-corrected chi connectivity index (χ2v) is 6.90. The van der Waals surface area contributed by atoms with E-state index >= 15 is 0 Å². The minimum absolute atomic E-state index is 0.154. The third-order valence-electron chi connectivity index (χ3n) is 4.63. The molecule has 144 valence electrons. The summed E-state index contributed by atoms with van der Waals surface area (Å²) in [6, 6.07) is 9.78. The highest BCUT2D eigenvalue weighted by molar-refractivity contribution is 6.14. The van der Waals surface area contributed by atoms with E-state index in [-0.39, 0.29) is 11.4 Å². The van der Waals surface area contributed by atoms with E-state index in [2.05, 4.69) is 16.9 Å². The summed E-state index contributed by atoms with van der Waals surface area (Å²) in [5.41, 5.74) is 2.29. The Labute approximate surface area is 162 Å². The standard InChI is InChI=1S/C23H30N2O2/c1-2-3-4-5-6-7-9-14-20-17-24-22(25-18-20)21(23(26)27)16-15-19-12-10-8-11-13-19/h8,10-13,16-18H,2-7,9,14-15H2,1H3,(H,26,27)/b21-16+. The third kappa shape index (κ3) is 7.73. The van der Waals surface area contributed by atoms with Crippen molar-refractivity contribution in [2.24, 2.45) is 0 Å². The number of carbonyl (C=O) groups is 1. The lowest BCUT2D eigenvalue weighted by molar-refractivity contribution is -0.130. The zero-order chi connectivity index (χ0) is 19.3. The molecule has 1 aromatic heterocycles. The fraction of sp³-hybridized carbons (Fsp3) is 0.435. The number of aliphatic carboxylic acids is 1. The van der Waals surface area contributed by atoms with Crippen molar-refractivity contribution in [3.05, 3.63) is 65.8 Å². The number of carboxylic acids is 1. The van der Waals surface area contributed by atoms with Crippen LogP contribution in [0, 0.1) is 0 Å². The first-order valence-electron chi connectivity index (χ1n) is 9.99. The molecule has 0 spiro atoms. The molecule has 0 amide bonds. The zero-order valence-corrected chi connectivity index (χ0v) is 16.2. The largest absolute Gasteiger partial charge is 0.478 e. The summed E-state index contributed by atoms with van der Waals surface area (Å²) in [5, 5.41) is 9.49. The van der Waals surface area contributed by atoms with Crippen LogP contribution in [0.2, 0.25) is 0 Å². The molecule has 0 saturated heterocycles. The maximum Gasteiger partial charge on any atom is 0.339 e. The second-order valence-electron chi connectivity index (χ2n) is 6.90. The highest BCUT2D eigenvalue weighted by Crippen LogP contribution is 2.14. The van der Waals surface area contributed by atoms with Gasteiger partial charge >= 0.3 is 5.97 Å². The number of aryl methyl sites for hydroxylation is 1. The third-order valence-corrected chi connectivity index (χ3v) is 4.63. The number of aromatic nitrogens is 2. The van der Waals surface area contributed by atoms with E-state index in [0.717, 1.165) is 24.0 Å². The molecular weight excluding hydrogens is 336 g/mol. The average molecular weight is 367 g/mol. The number of hydrogen-bond acceptors (Lipinski definition) is 3. The molecule has 27 heavy (non-hydrogen) atoms.